The van der Waals surface area contributed by atoms with Crippen LogP contribution in [0, 0.1) is 0 Å². The van der Waals surface area contributed by atoms with Crippen LogP contribution in [-0.2, 0) is 7.05 Å². The fraction of sp³-hybridized carbons (Fsp3) is 0.0909. The van der Waals surface area contributed by atoms with E-state index in [2.05, 4.69) is 10.3 Å². The molecule has 0 saturated heterocycles. The van der Waals surface area contributed by atoms with Gasteiger partial charge in [-0.05, 0) is 18.2 Å². The summed E-state index contributed by atoms with van der Waals surface area (Å²) in [5, 5.41) is 12.4. The Kier molecular flexibility index (Phi) is 3.01. The number of hydrogen-bond acceptors (Lipinski definition) is 3. The molecule has 0 spiro atoms. The highest BCUT2D eigenvalue weighted by Crippen LogP contribution is 2.25. The van der Waals surface area contributed by atoms with Crippen molar-refractivity contribution in [3.63, 3.8) is 0 Å². The molecule has 2 N–H and O–H groups in total. The Hall–Kier alpha value is -2.01. The number of aromatic carboxylic acids is 1. The van der Waals surface area contributed by atoms with Crippen molar-refractivity contribution in [3.05, 3.63) is 41.3 Å². The van der Waals surface area contributed by atoms with Gasteiger partial charge in [0.25, 0.3) is 0 Å². The fourth-order valence-corrected chi connectivity index (χ4v) is 1.67. The van der Waals surface area contributed by atoms with Crippen LogP contribution < -0.4 is 5.32 Å². The molecule has 2 aromatic rings. The number of pyridine rings is 1. The molecule has 17 heavy (non-hydrogen) atoms. The molecule has 2 rings (SSSR count). The number of carboxylic acids is 1. The van der Waals surface area contributed by atoms with Gasteiger partial charge in [0.15, 0.2) is 5.69 Å². The number of nitrogens with one attached hydrogen (secondary N) is 1. The summed E-state index contributed by atoms with van der Waals surface area (Å²) in [6, 6.07) is 5.05. The van der Waals surface area contributed by atoms with E-state index in [1.165, 1.54) is 4.57 Å². The molecule has 0 fully saturated rings. The molecule has 0 unspecified atom stereocenters. The van der Waals surface area contributed by atoms with Crippen molar-refractivity contribution in [2.75, 3.05) is 5.32 Å². The summed E-state index contributed by atoms with van der Waals surface area (Å²) in [6.45, 7) is 0. The van der Waals surface area contributed by atoms with Crippen LogP contribution in [0.5, 0.6) is 0 Å². The molecule has 0 radical (unpaired) electrons. The first kappa shape index (κ1) is 11.5. The lowest BCUT2D eigenvalue weighted by Crippen LogP contribution is -2.07. The maximum atomic E-state index is 11.1. The normalized spacial score (nSPS) is 10.2. The van der Waals surface area contributed by atoms with Gasteiger partial charge in [0.05, 0.1) is 10.7 Å². The van der Waals surface area contributed by atoms with Gasteiger partial charge in [-0.2, -0.15) is 0 Å². The van der Waals surface area contributed by atoms with Gasteiger partial charge in [-0.25, -0.2) is 9.78 Å². The number of aryl methyl sites for hydroxylation is 1. The number of aromatic nitrogens is 2. The Bertz CT molecular complexity index is 566. The molecule has 0 amide bonds. The third kappa shape index (κ3) is 2.24. The van der Waals surface area contributed by atoms with Gasteiger partial charge in [-0.15, -0.1) is 0 Å². The number of hydrogen-bond donors (Lipinski definition) is 2. The molecular weight excluding hydrogens is 242 g/mol. The van der Waals surface area contributed by atoms with E-state index in [9.17, 15) is 4.79 Å². The molecule has 0 aromatic carbocycles. The van der Waals surface area contributed by atoms with Crippen LogP contribution >= 0.6 is 11.6 Å². The molecule has 2 heterocycles. The first-order valence-electron chi connectivity index (χ1n) is 4.85. The van der Waals surface area contributed by atoms with Gasteiger partial charge in [0.2, 0.25) is 0 Å². The lowest BCUT2D eigenvalue weighted by atomic mass is 10.3. The molecule has 2 aromatic heterocycles. The standard InChI is InChI=1S/C11H10ClN3O2/c1-15-6-4-8(9(15)11(16)17)14-10-7(12)3-2-5-13-10/h2-6H,1H3,(H,13,14)(H,16,17). The first-order chi connectivity index (χ1) is 8.09. The predicted molar refractivity (Wildman–Crippen MR) is 64.9 cm³/mol. The van der Waals surface area contributed by atoms with Crippen molar-refractivity contribution in [1.82, 2.24) is 9.55 Å². The molecular formula is C11H10ClN3O2. The summed E-state index contributed by atoms with van der Waals surface area (Å²) in [7, 11) is 1.66. The molecule has 5 nitrogen and oxygen atoms in total. The van der Waals surface area contributed by atoms with E-state index in [0.29, 0.717) is 16.5 Å². The lowest BCUT2D eigenvalue weighted by molar-refractivity contribution is 0.0688. The van der Waals surface area contributed by atoms with Crippen molar-refractivity contribution in [1.29, 1.82) is 0 Å². The average molecular weight is 252 g/mol. The van der Waals surface area contributed by atoms with Crippen LogP contribution in [0.3, 0.4) is 0 Å². The largest absolute Gasteiger partial charge is 0.477 e. The van der Waals surface area contributed by atoms with Crippen LogP contribution in [-0.4, -0.2) is 20.6 Å². The van der Waals surface area contributed by atoms with E-state index in [4.69, 9.17) is 16.7 Å². The van der Waals surface area contributed by atoms with Crippen molar-refractivity contribution in [2.24, 2.45) is 7.05 Å². The van der Waals surface area contributed by atoms with Crippen molar-refractivity contribution in [2.45, 2.75) is 0 Å². The molecule has 0 aliphatic heterocycles. The van der Waals surface area contributed by atoms with Crippen LogP contribution in [0.1, 0.15) is 10.5 Å². The van der Waals surface area contributed by atoms with Crippen LogP contribution in [0.4, 0.5) is 11.5 Å². The lowest BCUT2D eigenvalue weighted by Gasteiger charge is -2.07. The van der Waals surface area contributed by atoms with E-state index < -0.39 is 5.97 Å². The summed E-state index contributed by atoms with van der Waals surface area (Å²) in [5.74, 6) is -0.574. The van der Waals surface area contributed by atoms with Gasteiger partial charge in [0, 0.05) is 19.4 Å². The van der Waals surface area contributed by atoms with Gasteiger partial charge in [-0.1, -0.05) is 11.6 Å². The Morgan fingerprint density at radius 2 is 2.29 bits per heavy atom. The number of carbonyl (C=O) groups is 1. The maximum Gasteiger partial charge on any atom is 0.354 e. The minimum Gasteiger partial charge on any atom is -0.477 e. The minimum absolute atomic E-state index is 0.159. The molecule has 0 saturated carbocycles. The second-order valence-corrected chi connectivity index (χ2v) is 3.86. The molecule has 6 heteroatoms. The summed E-state index contributed by atoms with van der Waals surface area (Å²) >= 11 is 5.93. The number of nitrogens with zero attached hydrogens (tertiary/aromatic N) is 2. The summed E-state index contributed by atoms with van der Waals surface area (Å²) in [6.07, 6.45) is 3.24. The SMILES string of the molecule is Cn1ccc(Nc2ncccc2Cl)c1C(=O)O. The zero-order valence-corrected chi connectivity index (χ0v) is 9.77. The Morgan fingerprint density at radius 1 is 1.53 bits per heavy atom. The van der Waals surface area contributed by atoms with Crippen molar-refractivity contribution < 1.29 is 9.90 Å². The second-order valence-electron chi connectivity index (χ2n) is 3.45. The maximum absolute atomic E-state index is 11.1. The summed E-state index contributed by atoms with van der Waals surface area (Å²) in [4.78, 5) is 15.1. The quantitative estimate of drug-likeness (QED) is 0.880. The van der Waals surface area contributed by atoms with E-state index in [1.807, 2.05) is 0 Å². The van der Waals surface area contributed by atoms with E-state index in [1.54, 1.807) is 37.6 Å². The molecule has 88 valence electrons. The monoisotopic (exact) mass is 251 g/mol. The van der Waals surface area contributed by atoms with E-state index >= 15 is 0 Å². The molecule has 0 aliphatic carbocycles. The van der Waals surface area contributed by atoms with Crippen LogP contribution in [0.25, 0.3) is 0 Å². The molecule has 0 bridgehead atoms. The Morgan fingerprint density at radius 3 is 2.94 bits per heavy atom. The van der Waals surface area contributed by atoms with Gasteiger partial charge < -0.3 is 15.0 Å². The highest BCUT2D eigenvalue weighted by Gasteiger charge is 2.15. The zero-order chi connectivity index (χ0) is 12.4. The predicted octanol–water partition coefficient (Wildman–Crippen LogP) is 2.52. The van der Waals surface area contributed by atoms with Crippen LogP contribution in [0.2, 0.25) is 5.02 Å². The molecule has 0 aliphatic rings. The molecule has 0 atom stereocenters. The van der Waals surface area contributed by atoms with Gasteiger partial charge >= 0.3 is 5.97 Å². The Balaban J connectivity index is 2.37. The number of carboxylic acid groups (broad SMARTS) is 1. The van der Waals surface area contributed by atoms with Gasteiger partial charge in [-0.3, -0.25) is 0 Å². The van der Waals surface area contributed by atoms with E-state index in [0.717, 1.165) is 0 Å². The minimum atomic E-state index is -1.01. The van der Waals surface area contributed by atoms with Crippen molar-refractivity contribution >= 4 is 29.1 Å². The summed E-state index contributed by atoms with van der Waals surface area (Å²) < 4.78 is 1.52. The van der Waals surface area contributed by atoms with Crippen molar-refractivity contribution in [3.8, 4) is 0 Å². The fourth-order valence-electron chi connectivity index (χ4n) is 1.50. The number of rotatable bonds is 3. The zero-order valence-electron chi connectivity index (χ0n) is 9.01. The number of anilines is 2. The third-order valence-corrected chi connectivity index (χ3v) is 2.59. The third-order valence-electron chi connectivity index (χ3n) is 2.29. The van der Waals surface area contributed by atoms with Gasteiger partial charge in [0.1, 0.15) is 5.82 Å². The average Bonchev–Trinajstić information content (AvgIpc) is 2.63. The smallest absolute Gasteiger partial charge is 0.354 e. The van der Waals surface area contributed by atoms with Crippen LogP contribution in [0.15, 0.2) is 30.6 Å². The number of halogens is 1. The second kappa shape index (κ2) is 4.47. The van der Waals surface area contributed by atoms with E-state index in [-0.39, 0.29) is 5.69 Å². The first-order valence-corrected chi connectivity index (χ1v) is 5.23. The Labute approximate surface area is 103 Å². The highest BCUT2D eigenvalue weighted by atomic mass is 35.5. The highest BCUT2D eigenvalue weighted by molar-refractivity contribution is 6.33. The summed E-state index contributed by atoms with van der Waals surface area (Å²) in [5.41, 5.74) is 0.618. The topological polar surface area (TPSA) is 67.2 Å².